The maximum absolute atomic E-state index is 13.7. The van der Waals surface area contributed by atoms with Crippen molar-refractivity contribution in [3.05, 3.63) is 29.6 Å². The van der Waals surface area contributed by atoms with Crippen molar-refractivity contribution in [2.24, 2.45) is 5.41 Å². The minimum absolute atomic E-state index is 0.0568. The zero-order valence-corrected chi connectivity index (χ0v) is 12.9. The van der Waals surface area contributed by atoms with Gasteiger partial charge in [0.15, 0.2) is 0 Å². The number of halogens is 2. The van der Waals surface area contributed by atoms with E-state index in [1.54, 1.807) is 12.1 Å². The second-order valence-corrected chi connectivity index (χ2v) is 6.57. The van der Waals surface area contributed by atoms with Gasteiger partial charge in [0.25, 0.3) is 0 Å². The summed E-state index contributed by atoms with van der Waals surface area (Å²) in [6.07, 6.45) is 0.923. The van der Waals surface area contributed by atoms with E-state index in [0.29, 0.717) is 24.4 Å². The first-order valence-electron chi connectivity index (χ1n) is 6.49. The van der Waals surface area contributed by atoms with Gasteiger partial charge in [0.1, 0.15) is 11.6 Å². The highest BCUT2D eigenvalue weighted by molar-refractivity contribution is 6.20. The van der Waals surface area contributed by atoms with E-state index >= 15 is 0 Å². The Labute approximate surface area is 120 Å². The van der Waals surface area contributed by atoms with E-state index in [9.17, 15) is 4.39 Å². The van der Waals surface area contributed by atoms with Crippen LogP contribution in [0, 0.1) is 11.2 Å². The maximum atomic E-state index is 13.7. The molecule has 1 rings (SSSR count). The van der Waals surface area contributed by atoms with Gasteiger partial charge in [-0.25, -0.2) is 4.39 Å². The molecule has 19 heavy (non-hydrogen) atoms. The molecule has 0 aliphatic heterocycles. The SMILES string of the molecule is COc1ccc(CNCC(Cl)CC(C)(C)C)c(F)c1. The summed E-state index contributed by atoms with van der Waals surface area (Å²) < 4.78 is 18.6. The highest BCUT2D eigenvalue weighted by Gasteiger charge is 2.16. The third-order valence-corrected chi connectivity index (χ3v) is 3.08. The molecule has 0 aliphatic rings. The molecule has 4 heteroatoms. The summed E-state index contributed by atoms with van der Waals surface area (Å²) in [4.78, 5) is 0. The molecule has 0 radical (unpaired) electrons. The topological polar surface area (TPSA) is 21.3 Å². The van der Waals surface area contributed by atoms with Crippen molar-refractivity contribution >= 4 is 11.6 Å². The first-order chi connectivity index (χ1) is 8.81. The fourth-order valence-electron chi connectivity index (χ4n) is 1.90. The predicted octanol–water partition coefficient (Wildman–Crippen LogP) is 3.97. The molecule has 108 valence electrons. The van der Waals surface area contributed by atoms with Gasteiger partial charge in [-0.1, -0.05) is 26.8 Å². The maximum Gasteiger partial charge on any atom is 0.131 e. The Morgan fingerprint density at radius 2 is 2.05 bits per heavy atom. The zero-order chi connectivity index (χ0) is 14.5. The minimum Gasteiger partial charge on any atom is -0.497 e. The lowest BCUT2D eigenvalue weighted by Crippen LogP contribution is -2.26. The quantitative estimate of drug-likeness (QED) is 0.800. The Balaban J connectivity index is 2.41. The van der Waals surface area contributed by atoms with Crippen molar-refractivity contribution in [3.63, 3.8) is 0 Å². The Morgan fingerprint density at radius 3 is 2.58 bits per heavy atom. The number of alkyl halides is 1. The normalized spacial score (nSPS) is 13.4. The fraction of sp³-hybridized carbons (Fsp3) is 0.600. The number of hydrogen-bond donors (Lipinski definition) is 1. The zero-order valence-electron chi connectivity index (χ0n) is 12.1. The molecule has 1 aromatic rings. The van der Waals surface area contributed by atoms with Crippen LogP contribution in [-0.2, 0) is 6.54 Å². The monoisotopic (exact) mass is 287 g/mol. The molecule has 0 saturated carbocycles. The van der Waals surface area contributed by atoms with Gasteiger partial charge < -0.3 is 10.1 Å². The number of benzene rings is 1. The molecular weight excluding hydrogens is 265 g/mol. The molecule has 0 heterocycles. The molecule has 0 spiro atoms. The first-order valence-corrected chi connectivity index (χ1v) is 6.92. The van der Waals surface area contributed by atoms with Gasteiger partial charge in [0.2, 0.25) is 0 Å². The Morgan fingerprint density at radius 1 is 1.37 bits per heavy atom. The van der Waals surface area contributed by atoms with Gasteiger partial charge >= 0.3 is 0 Å². The Hall–Kier alpha value is -0.800. The van der Waals surface area contributed by atoms with Gasteiger partial charge in [-0.15, -0.1) is 11.6 Å². The summed E-state index contributed by atoms with van der Waals surface area (Å²) in [5.41, 5.74) is 0.833. The molecule has 2 nitrogen and oxygen atoms in total. The molecule has 1 aromatic carbocycles. The predicted molar refractivity (Wildman–Crippen MR) is 78.4 cm³/mol. The van der Waals surface area contributed by atoms with Crippen LogP contribution in [0.2, 0.25) is 0 Å². The summed E-state index contributed by atoms with van der Waals surface area (Å²) in [6, 6.07) is 4.88. The number of rotatable bonds is 6. The van der Waals surface area contributed by atoms with Gasteiger partial charge in [-0.3, -0.25) is 0 Å². The summed E-state index contributed by atoms with van der Waals surface area (Å²) in [5.74, 6) is 0.276. The van der Waals surface area contributed by atoms with E-state index in [0.717, 1.165) is 6.42 Å². The van der Waals surface area contributed by atoms with Crippen LogP contribution in [0.4, 0.5) is 4.39 Å². The number of nitrogens with one attached hydrogen (secondary N) is 1. The molecule has 1 N–H and O–H groups in total. The third-order valence-electron chi connectivity index (χ3n) is 2.78. The fourth-order valence-corrected chi connectivity index (χ4v) is 2.47. The number of ether oxygens (including phenoxy) is 1. The van der Waals surface area contributed by atoms with Gasteiger partial charge in [0.05, 0.1) is 7.11 Å². The van der Waals surface area contributed by atoms with Gasteiger partial charge in [0, 0.05) is 30.1 Å². The van der Waals surface area contributed by atoms with E-state index in [-0.39, 0.29) is 16.6 Å². The van der Waals surface area contributed by atoms with E-state index < -0.39 is 0 Å². The average Bonchev–Trinajstić information content (AvgIpc) is 2.28. The number of methoxy groups -OCH3 is 1. The van der Waals surface area contributed by atoms with Crippen LogP contribution in [0.25, 0.3) is 0 Å². The van der Waals surface area contributed by atoms with Crippen LogP contribution in [-0.4, -0.2) is 19.0 Å². The summed E-state index contributed by atoms with van der Waals surface area (Å²) >= 11 is 6.24. The summed E-state index contributed by atoms with van der Waals surface area (Å²) in [5, 5.41) is 3.25. The largest absolute Gasteiger partial charge is 0.497 e. The van der Waals surface area contributed by atoms with Crippen molar-refractivity contribution < 1.29 is 9.13 Å². The van der Waals surface area contributed by atoms with E-state index in [1.165, 1.54) is 13.2 Å². The molecular formula is C15H23ClFNO. The lowest BCUT2D eigenvalue weighted by Gasteiger charge is -2.22. The molecule has 1 atom stereocenters. The smallest absolute Gasteiger partial charge is 0.131 e. The molecule has 0 aliphatic carbocycles. The van der Waals surface area contributed by atoms with Crippen molar-refractivity contribution in [2.45, 2.75) is 39.1 Å². The molecule has 1 unspecified atom stereocenters. The van der Waals surface area contributed by atoms with Crippen LogP contribution >= 0.6 is 11.6 Å². The average molecular weight is 288 g/mol. The second kappa shape index (κ2) is 7.11. The number of hydrogen-bond acceptors (Lipinski definition) is 2. The van der Waals surface area contributed by atoms with Gasteiger partial charge in [-0.05, 0) is 17.9 Å². The van der Waals surface area contributed by atoms with Crippen LogP contribution in [0.1, 0.15) is 32.8 Å². The van der Waals surface area contributed by atoms with E-state index in [4.69, 9.17) is 16.3 Å². The molecule has 0 amide bonds. The van der Waals surface area contributed by atoms with Gasteiger partial charge in [-0.2, -0.15) is 0 Å². The second-order valence-electron chi connectivity index (χ2n) is 5.95. The van der Waals surface area contributed by atoms with Crippen molar-refractivity contribution in [1.29, 1.82) is 0 Å². The summed E-state index contributed by atoms with van der Waals surface area (Å²) in [6.45, 7) is 7.62. The lowest BCUT2D eigenvalue weighted by molar-refractivity contribution is 0.364. The lowest BCUT2D eigenvalue weighted by atomic mass is 9.90. The third kappa shape index (κ3) is 6.26. The highest BCUT2D eigenvalue weighted by Crippen LogP contribution is 2.23. The first kappa shape index (κ1) is 16.3. The van der Waals surface area contributed by atoms with Crippen LogP contribution in [0.15, 0.2) is 18.2 Å². The molecule has 0 fully saturated rings. The standard InChI is InChI=1S/C15H23ClFNO/c1-15(2,3)8-12(16)10-18-9-11-5-6-13(19-4)7-14(11)17/h5-7,12,18H,8-10H2,1-4H3. The van der Waals surface area contributed by atoms with Crippen LogP contribution in [0.5, 0.6) is 5.75 Å². The van der Waals surface area contributed by atoms with Crippen molar-refractivity contribution in [2.75, 3.05) is 13.7 Å². The Bertz CT molecular complexity index is 404. The van der Waals surface area contributed by atoms with E-state index in [1.807, 2.05) is 0 Å². The Kier molecular flexibility index (Phi) is 6.08. The molecule has 0 saturated heterocycles. The highest BCUT2D eigenvalue weighted by atomic mass is 35.5. The van der Waals surface area contributed by atoms with Crippen LogP contribution in [0.3, 0.4) is 0 Å². The van der Waals surface area contributed by atoms with E-state index in [2.05, 4.69) is 26.1 Å². The van der Waals surface area contributed by atoms with Crippen molar-refractivity contribution in [1.82, 2.24) is 5.32 Å². The summed E-state index contributed by atoms with van der Waals surface area (Å²) in [7, 11) is 1.53. The molecule has 0 bridgehead atoms. The van der Waals surface area contributed by atoms with Crippen LogP contribution < -0.4 is 10.1 Å². The van der Waals surface area contributed by atoms with Crippen molar-refractivity contribution in [3.8, 4) is 5.75 Å². The minimum atomic E-state index is -0.256. The molecule has 0 aromatic heterocycles.